The minimum Gasteiger partial charge on any atom is -0.325 e. The molecule has 0 saturated carbocycles. The molecule has 1 aromatic heterocycles. The number of nitrogens with one attached hydrogen (secondary N) is 2. The van der Waals surface area contributed by atoms with Crippen molar-refractivity contribution in [2.45, 2.75) is 45.4 Å². The van der Waals surface area contributed by atoms with Crippen LogP contribution in [-0.4, -0.2) is 16.8 Å². The van der Waals surface area contributed by atoms with E-state index in [0.29, 0.717) is 10.7 Å². The van der Waals surface area contributed by atoms with Crippen LogP contribution in [0.25, 0.3) is 0 Å². The van der Waals surface area contributed by atoms with Gasteiger partial charge in [-0.1, -0.05) is 42.8 Å². The van der Waals surface area contributed by atoms with Gasteiger partial charge in [0.2, 0.25) is 5.91 Å². The molecule has 1 atom stereocenters. The Bertz CT molecular complexity index is 1070. The zero-order valence-electron chi connectivity index (χ0n) is 17.2. The quantitative estimate of drug-likeness (QED) is 0.588. The van der Waals surface area contributed by atoms with Crippen molar-refractivity contribution >= 4 is 34.0 Å². The van der Waals surface area contributed by atoms with Crippen molar-refractivity contribution in [2.75, 3.05) is 10.6 Å². The van der Waals surface area contributed by atoms with Crippen LogP contribution >= 0.6 is 11.3 Å². The summed E-state index contributed by atoms with van der Waals surface area (Å²) in [6, 6.07) is 15.3. The van der Waals surface area contributed by atoms with Gasteiger partial charge in [-0.15, -0.1) is 11.3 Å². The van der Waals surface area contributed by atoms with Gasteiger partial charge in [-0.2, -0.15) is 0 Å². The number of aromatic nitrogens is 1. The molecule has 2 N–H and O–H groups in total. The fraction of sp³-hybridized carbons (Fsp3) is 0.292. The summed E-state index contributed by atoms with van der Waals surface area (Å²) in [5.74, 6) is -0.502. The molecule has 0 spiro atoms. The molecule has 1 aliphatic carbocycles. The number of carbonyl (C=O) groups excluding carboxylic acids is 2. The molecule has 0 saturated heterocycles. The fourth-order valence-corrected chi connectivity index (χ4v) is 4.83. The number of para-hydroxylation sites is 1. The van der Waals surface area contributed by atoms with E-state index in [1.807, 2.05) is 43.3 Å². The molecular weight excluding hydrogens is 394 g/mol. The Kier molecular flexibility index (Phi) is 5.95. The van der Waals surface area contributed by atoms with Crippen LogP contribution in [0.4, 0.5) is 10.8 Å². The number of aryl methyl sites for hydroxylation is 3. The number of thiazole rings is 1. The second kappa shape index (κ2) is 8.79. The van der Waals surface area contributed by atoms with Gasteiger partial charge in [0.1, 0.15) is 0 Å². The Labute approximate surface area is 180 Å². The first-order valence-corrected chi connectivity index (χ1v) is 11.1. The Morgan fingerprint density at radius 1 is 1.10 bits per heavy atom. The highest BCUT2D eigenvalue weighted by atomic mass is 32.1. The van der Waals surface area contributed by atoms with E-state index in [1.54, 1.807) is 12.1 Å². The second-order valence-electron chi connectivity index (χ2n) is 7.59. The lowest BCUT2D eigenvalue weighted by molar-refractivity contribution is -0.117. The van der Waals surface area contributed by atoms with Gasteiger partial charge in [0.25, 0.3) is 5.91 Å². The van der Waals surface area contributed by atoms with Gasteiger partial charge >= 0.3 is 0 Å². The average molecular weight is 420 g/mol. The van der Waals surface area contributed by atoms with Crippen molar-refractivity contribution in [2.24, 2.45) is 0 Å². The summed E-state index contributed by atoms with van der Waals surface area (Å²) in [5, 5.41) is 6.55. The summed E-state index contributed by atoms with van der Waals surface area (Å²) in [6.07, 6.45) is 3.46. The van der Waals surface area contributed by atoms with Gasteiger partial charge in [-0.25, -0.2) is 4.98 Å². The summed E-state index contributed by atoms with van der Waals surface area (Å²) < 4.78 is 0. The number of anilines is 2. The lowest BCUT2D eigenvalue weighted by Crippen LogP contribution is -2.25. The van der Waals surface area contributed by atoms with Crippen LogP contribution in [0.3, 0.4) is 0 Å². The Morgan fingerprint density at radius 2 is 1.87 bits per heavy atom. The van der Waals surface area contributed by atoms with Crippen LogP contribution < -0.4 is 10.6 Å². The van der Waals surface area contributed by atoms with Crippen molar-refractivity contribution in [1.29, 1.82) is 0 Å². The highest BCUT2D eigenvalue weighted by Gasteiger charge is 2.31. The SMILES string of the molecule is CCc1ccccc1NC(=O)C1CCCc2sc(NC(=O)c3ccc(C)cc3)nc21. The van der Waals surface area contributed by atoms with Gasteiger partial charge in [-0.3, -0.25) is 14.9 Å². The van der Waals surface area contributed by atoms with E-state index in [4.69, 9.17) is 0 Å². The summed E-state index contributed by atoms with van der Waals surface area (Å²) in [6.45, 7) is 4.06. The number of carbonyl (C=O) groups is 2. The van der Waals surface area contributed by atoms with E-state index in [-0.39, 0.29) is 17.7 Å². The number of hydrogen-bond acceptors (Lipinski definition) is 4. The molecule has 2 amide bonds. The van der Waals surface area contributed by atoms with E-state index < -0.39 is 0 Å². The van der Waals surface area contributed by atoms with Crippen molar-refractivity contribution in [3.05, 3.63) is 75.8 Å². The molecule has 4 rings (SSSR count). The monoisotopic (exact) mass is 419 g/mol. The predicted molar refractivity (Wildman–Crippen MR) is 121 cm³/mol. The Morgan fingerprint density at radius 3 is 2.63 bits per heavy atom. The van der Waals surface area contributed by atoms with Crippen molar-refractivity contribution in [1.82, 2.24) is 4.98 Å². The van der Waals surface area contributed by atoms with Crippen LogP contribution in [0.1, 0.15) is 57.7 Å². The molecule has 1 heterocycles. The molecule has 0 fully saturated rings. The van der Waals surface area contributed by atoms with E-state index in [0.717, 1.165) is 53.1 Å². The highest BCUT2D eigenvalue weighted by molar-refractivity contribution is 7.16. The van der Waals surface area contributed by atoms with Gasteiger partial charge in [0.15, 0.2) is 5.13 Å². The molecule has 6 heteroatoms. The maximum atomic E-state index is 13.0. The standard InChI is InChI=1S/C24H25N3O2S/c1-3-16-7-4-5-9-19(16)25-23(29)18-8-6-10-20-21(18)26-24(30-20)27-22(28)17-13-11-15(2)12-14-17/h4-5,7,9,11-14,18H,3,6,8,10H2,1-2H3,(H,25,29)(H,26,27,28). The van der Waals surface area contributed by atoms with E-state index >= 15 is 0 Å². The van der Waals surface area contributed by atoms with Crippen LogP contribution in [0, 0.1) is 6.92 Å². The molecular formula is C24H25N3O2S. The molecule has 1 unspecified atom stereocenters. The molecule has 3 aromatic rings. The minimum atomic E-state index is -0.292. The fourth-order valence-electron chi connectivity index (χ4n) is 3.77. The smallest absolute Gasteiger partial charge is 0.257 e. The zero-order valence-corrected chi connectivity index (χ0v) is 18.0. The molecule has 0 bridgehead atoms. The third-order valence-electron chi connectivity index (χ3n) is 5.46. The van der Waals surface area contributed by atoms with E-state index in [9.17, 15) is 9.59 Å². The second-order valence-corrected chi connectivity index (χ2v) is 8.68. The number of amides is 2. The van der Waals surface area contributed by atoms with Crippen LogP contribution in [0.5, 0.6) is 0 Å². The molecule has 0 aliphatic heterocycles. The lowest BCUT2D eigenvalue weighted by Gasteiger charge is -2.21. The zero-order chi connectivity index (χ0) is 21.1. The molecule has 1 aliphatic rings. The van der Waals surface area contributed by atoms with Crippen molar-refractivity contribution in [3.63, 3.8) is 0 Å². The Hall–Kier alpha value is -2.99. The van der Waals surface area contributed by atoms with Crippen LogP contribution in [-0.2, 0) is 17.6 Å². The molecule has 5 nitrogen and oxygen atoms in total. The topological polar surface area (TPSA) is 71.1 Å². The first kappa shape index (κ1) is 20.3. The average Bonchev–Trinajstić information content (AvgIpc) is 3.16. The summed E-state index contributed by atoms with van der Waals surface area (Å²) >= 11 is 1.47. The van der Waals surface area contributed by atoms with Crippen molar-refractivity contribution < 1.29 is 9.59 Å². The van der Waals surface area contributed by atoms with E-state index in [2.05, 4.69) is 22.5 Å². The predicted octanol–water partition coefficient (Wildman–Crippen LogP) is 5.32. The molecule has 154 valence electrons. The molecule has 2 aromatic carbocycles. The Balaban J connectivity index is 1.51. The number of rotatable bonds is 5. The summed E-state index contributed by atoms with van der Waals surface area (Å²) in [7, 11) is 0. The number of nitrogens with zero attached hydrogens (tertiary/aromatic N) is 1. The normalized spacial score (nSPS) is 15.3. The maximum Gasteiger partial charge on any atom is 0.257 e. The minimum absolute atomic E-state index is 0.0291. The maximum absolute atomic E-state index is 13.0. The molecule has 30 heavy (non-hydrogen) atoms. The van der Waals surface area contributed by atoms with Crippen LogP contribution in [0.2, 0.25) is 0 Å². The summed E-state index contributed by atoms with van der Waals surface area (Å²) in [5.41, 5.74) is 4.48. The van der Waals surface area contributed by atoms with Gasteiger partial charge in [0, 0.05) is 16.1 Å². The first-order chi connectivity index (χ1) is 14.5. The number of hydrogen-bond donors (Lipinski definition) is 2. The van der Waals surface area contributed by atoms with Crippen LogP contribution in [0.15, 0.2) is 48.5 Å². The molecule has 0 radical (unpaired) electrons. The van der Waals surface area contributed by atoms with Gasteiger partial charge in [0.05, 0.1) is 11.6 Å². The first-order valence-electron chi connectivity index (χ1n) is 10.3. The summed E-state index contributed by atoms with van der Waals surface area (Å²) in [4.78, 5) is 31.3. The van der Waals surface area contributed by atoms with E-state index in [1.165, 1.54) is 11.3 Å². The number of benzene rings is 2. The van der Waals surface area contributed by atoms with Gasteiger partial charge in [-0.05, 0) is 56.4 Å². The van der Waals surface area contributed by atoms with Gasteiger partial charge < -0.3 is 5.32 Å². The third kappa shape index (κ3) is 4.28. The third-order valence-corrected chi connectivity index (χ3v) is 6.51. The highest BCUT2D eigenvalue weighted by Crippen LogP contribution is 2.37. The lowest BCUT2D eigenvalue weighted by atomic mass is 9.90. The van der Waals surface area contributed by atoms with Crippen molar-refractivity contribution in [3.8, 4) is 0 Å². The number of fused-ring (bicyclic) bond motifs is 1. The largest absolute Gasteiger partial charge is 0.325 e.